The Morgan fingerprint density at radius 1 is 1.37 bits per heavy atom. The van der Waals surface area contributed by atoms with Crippen LogP contribution in [0.3, 0.4) is 0 Å². The van der Waals surface area contributed by atoms with Crippen molar-refractivity contribution in [3.05, 3.63) is 51.4 Å². The van der Waals surface area contributed by atoms with Crippen molar-refractivity contribution in [1.82, 2.24) is 9.55 Å². The SMILES string of the molecule is CCCCn1c(SCC(=O)Nc2ccc(C)c(F)c2)nc2ccsc2c1=O. The highest BCUT2D eigenvalue weighted by molar-refractivity contribution is 7.99. The molecule has 5 nitrogen and oxygen atoms in total. The molecule has 0 bridgehead atoms. The number of rotatable bonds is 7. The first-order valence-corrected chi connectivity index (χ1v) is 10.5. The number of anilines is 1. The minimum absolute atomic E-state index is 0.0630. The molecular formula is C19H20FN3O2S2. The summed E-state index contributed by atoms with van der Waals surface area (Å²) in [6.45, 7) is 4.30. The largest absolute Gasteiger partial charge is 0.325 e. The summed E-state index contributed by atoms with van der Waals surface area (Å²) >= 11 is 2.59. The molecule has 0 fully saturated rings. The highest BCUT2D eigenvalue weighted by Gasteiger charge is 2.14. The molecule has 0 spiro atoms. The van der Waals surface area contributed by atoms with Crippen LogP contribution >= 0.6 is 23.1 Å². The molecule has 8 heteroatoms. The lowest BCUT2D eigenvalue weighted by Gasteiger charge is -2.11. The van der Waals surface area contributed by atoms with E-state index in [9.17, 15) is 14.0 Å². The van der Waals surface area contributed by atoms with Crippen LogP contribution in [0.25, 0.3) is 10.2 Å². The molecule has 0 saturated heterocycles. The second-order valence-electron chi connectivity index (χ2n) is 6.14. The molecular weight excluding hydrogens is 385 g/mol. The Morgan fingerprint density at radius 2 is 2.19 bits per heavy atom. The average molecular weight is 406 g/mol. The van der Waals surface area contributed by atoms with Crippen LogP contribution in [0.15, 0.2) is 39.6 Å². The van der Waals surface area contributed by atoms with Gasteiger partial charge in [-0.2, -0.15) is 0 Å². The molecule has 0 aliphatic heterocycles. The summed E-state index contributed by atoms with van der Waals surface area (Å²) in [4.78, 5) is 29.5. The lowest BCUT2D eigenvalue weighted by atomic mass is 10.2. The number of carbonyl (C=O) groups excluding carboxylic acids is 1. The van der Waals surface area contributed by atoms with Gasteiger partial charge in [-0.25, -0.2) is 9.37 Å². The third-order valence-electron chi connectivity index (χ3n) is 4.05. The van der Waals surface area contributed by atoms with Crippen molar-refractivity contribution in [3.8, 4) is 0 Å². The number of fused-ring (bicyclic) bond motifs is 1. The molecule has 142 valence electrons. The zero-order valence-electron chi connectivity index (χ0n) is 15.1. The van der Waals surface area contributed by atoms with Crippen LogP contribution in [0.2, 0.25) is 0 Å². The van der Waals surface area contributed by atoms with E-state index in [4.69, 9.17) is 0 Å². The summed E-state index contributed by atoms with van der Waals surface area (Å²) in [5.41, 5.74) is 1.53. The number of thioether (sulfide) groups is 1. The number of nitrogens with zero attached hydrogens (tertiary/aromatic N) is 2. The predicted octanol–water partition coefficient (Wildman–Crippen LogP) is 4.44. The first kappa shape index (κ1) is 19.6. The van der Waals surface area contributed by atoms with Gasteiger partial charge in [-0.05, 0) is 42.5 Å². The van der Waals surface area contributed by atoms with Crippen LogP contribution in [0.5, 0.6) is 0 Å². The van der Waals surface area contributed by atoms with Gasteiger partial charge in [0.05, 0.1) is 11.3 Å². The second kappa shape index (κ2) is 8.67. The summed E-state index contributed by atoms with van der Waals surface area (Å²) in [5.74, 6) is -0.549. The van der Waals surface area contributed by atoms with Gasteiger partial charge in [-0.3, -0.25) is 14.2 Å². The number of hydrogen-bond donors (Lipinski definition) is 1. The third kappa shape index (κ3) is 4.56. The van der Waals surface area contributed by atoms with Crippen molar-refractivity contribution in [2.45, 2.75) is 38.4 Å². The highest BCUT2D eigenvalue weighted by Crippen LogP contribution is 2.22. The number of halogens is 1. The topological polar surface area (TPSA) is 64.0 Å². The Kier molecular flexibility index (Phi) is 6.28. The van der Waals surface area contributed by atoms with Gasteiger partial charge in [0, 0.05) is 12.2 Å². The number of hydrogen-bond acceptors (Lipinski definition) is 5. The van der Waals surface area contributed by atoms with Crippen molar-refractivity contribution < 1.29 is 9.18 Å². The third-order valence-corrected chi connectivity index (χ3v) is 5.92. The zero-order chi connectivity index (χ0) is 19.4. The second-order valence-corrected chi connectivity index (χ2v) is 8.00. The number of unbranched alkanes of at least 4 members (excludes halogenated alkanes) is 1. The molecule has 2 heterocycles. The Hall–Kier alpha value is -2.19. The van der Waals surface area contributed by atoms with Crippen molar-refractivity contribution >= 4 is 44.9 Å². The first-order chi connectivity index (χ1) is 13.0. The molecule has 0 radical (unpaired) electrons. The summed E-state index contributed by atoms with van der Waals surface area (Å²) < 4.78 is 15.9. The van der Waals surface area contributed by atoms with Crippen molar-refractivity contribution in [2.24, 2.45) is 0 Å². The minimum Gasteiger partial charge on any atom is -0.325 e. The van der Waals surface area contributed by atoms with Gasteiger partial charge >= 0.3 is 0 Å². The van der Waals surface area contributed by atoms with E-state index < -0.39 is 0 Å². The van der Waals surface area contributed by atoms with Crippen molar-refractivity contribution in [1.29, 1.82) is 0 Å². The van der Waals surface area contributed by atoms with Gasteiger partial charge in [0.15, 0.2) is 5.16 Å². The normalized spacial score (nSPS) is 11.1. The van der Waals surface area contributed by atoms with Crippen molar-refractivity contribution in [2.75, 3.05) is 11.1 Å². The van der Waals surface area contributed by atoms with Gasteiger partial charge in [0.2, 0.25) is 5.91 Å². The number of amides is 1. The maximum Gasteiger partial charge on any atom is 0.272 e. The van der Waals surface area contributed by atoms with E-state index >= 15 is 0 Å². The fraction of sp³-hybridized carbons (Fsp3) is 0.316. The fourth-order valence-corrected chi connectivity index (χ4v) is 4.15. The highest BCUT2D eigenvalue weighted by atomic mass is 32.2. The smallest absolute Gasteiger partial charge is 0.272 e. The van der Waals surface area contributed by atoms with E-state index in [1.165, 1.54) is 29.2 Å². The van der Waals surface area contributed by atoms with Crippen LogP contribution in [0.1, 0.15) is 25.3 Å². The van der Waals surface area contributed by atoms with Gasteiger partial charge in [0.1, 0.15) is 10.5 Å². The fourth-order valence-electron chi connectivity index (χ4n) is 2.54. The number of aryl methyl sites for hydroxylation is 1. The lowest BCUT2D eigenvalue weighted by molar-refractivity contribution is -0.113. The molecule has 0 saturated carbocycles. The standard InChI is InChI=1S/C19H20FN3O2S2/c1-3-4-8-23-18(25)17-15(7-9-26-17)22-19(23)27-11-16(24)21-13-6-5-12(2)14(20)10-13/h5-7,9-10H,3-4,8,11H2,1-2H3,(H,21,24). The Labute approximate surface area is 164 Å². The number of benzene rings is 1. The lowest BCUT2D eigenvalue weighted by Crippen LogP contribution is -2.23. The molecule has 1 aromatic carbocycles. The average Bonchev–Trinajstić information content (AvgIpc) is 3.11. The minimum atomic E-state index is -0.363. The van der Waals surface area contributed by atoms with E-state index in [-0.39, 0.29) is 23.0 Å². The van der Waals surface area contributed by atoms with Gasteiger partial charge < -0.3 is 5.32 Å². The van der Waals surface area contributed by atoms with Crippen LogP contribution in [0, 0.1) is 12.7 Å². The molecule has 27 heavy (non-hydrogen) atoms. The first-order valence-electron chi connectivity index (χ1n) is 8.66. The Bertz CT molecular complexity index is 1030. The predicted molar refractivity (Wildman–Crippen MR) is 109 cm³/mol. The van der Waals surface area contributed by atoms with Gasteiger partial charge in [-0.15, -0.1) is 11.3 Å². The number of aromatic nitrogens is 2. The maximum atomic E-state index is 13.6. The number of nitrogens with one attached hydrogen (secondary N) is 1. The molecule has 1 amide bonds. The molecule has 2 aromatic heterocycles. The maximum absolute atomic E-state index is 13.6. The summed E-state index contributed by atoms with van der Waals surface area (Å²) in [7, 11) is 0. The Morgan fingerprint density at radius 3 is 2.93 bits per heavy atom. The van der Waals surface area contributed by atoms with Gasteiger partial charge in [0.25, 0.3) is 5.56 Å². The van der Waals surface area contributed by atoms with E-state index in [0.717, 1.165) is 12.8 Å². The molecule has 0 unspecified atom stereocenters. The van der Waals surface area contributed by atoms with Crippen LogP contribution < -0.4 is 10.9 Å². The molecule has 0 aliphatic carbocycles. The van der Waals surface area contributed by atoms with Crippen LogP contribution in [-0.2, 0) is 11.3 Å². The molecule has 3 aromatic rings. The molecule has 3 rings (SSSR count). The summed E-state index contributed by atoms with van der Waals surface area (Å²) in [6.07, 6.45) is 1.82. The van der Waals surface area contributed by atoms with E-state index in [2.05, 4.69) is 17.2 Å². The monoisotopic (exact) mass is 405 g/mol. The van der Waals surface area contributed by atoms with E-state index in [1.54, 1.807) is 23.6 Å². The van der Waals surface area contributed by atoms with Crippen molar-refractivity contribution in [3.63, 3.8) is 0 Å². The molecule has 1 N–H and O–H groups in total. The van der Waals surface area contributed by atoms with Crippen LogP contribution in [-0.4, -0.2) is 21.2 Å². The number of carbonyl (C=O) groups is 1. The molecule has 0 aliphatic rings. The summed E-state index contributed by atoms with van der Waals surface area (Å²) in [6, 6.07) is 6.38. The van der Waals surface area contributed by atoms with Gasteiger partial charge in [-0.1, -0.05) is 31.2 Å². The Balaban J connectivity index is 1.76. The summed E-state index contributed by atoms with van der Waals surface area (Å²) in [5, 5.41) is 5.05. The number of thiophene rings is 1. The van der Waals surface area contributed by atoms with E-state index in [0.29, 0.717) is 33.2 Å². The zero-order valence-corrected chi connectivity index (χ0v) is 16.8. The van der Waals surface area contributed by atoms with E-state index in [1.807, 2.05) is 11.4 Å². The quantitative estimate of drug-likeness (QED) is 0.466. The van der Waals surface area contributed by atoms with Crippen LogP contribution in [0.4, 0.5) is 10.1 Å². The molecule has 0 atom stereocenters.